The Bertz CT molecular complexity index is 148. The van der Waals surface area contributed by atoms with E-state index in [1.807, 2.05) is 0 Å². The molecule has 0 aromatic rings. The van der Waals surface area contributed by atoms with Crippen LogP contribution in [-0.4, -0.2) is 13.1 Å². The molecule has 0 aliphatic carbocycles. The lowest BCUT2D eigenvalue weighted by molar-refractivity contribution is 0.862. The summed E-state index contributed by atoms with van der Waals surface area (Å²) in [4.78, 5) is 0. The molecule has 1 rings (SSSR count). The highest BCUT2D eigenvalue weighted by atomic mass is 14.9. The van der Waals surface area contributed by atoms with E-state index in [2.05, 4.69) is 24.9 Å². The second kappa shape index (κ2) is 3.57. The Labute approximate surface area is 62.8 Å². The molecule has 0 bridgehead atoms. The van der Waals surface area contributed by atoms with E-state index in [1.165, 1.54) is 17.6 Å². The molecule has 0 unspecified atom stereocenters. The summed E-state index contributed by atoms with van der Waals surface area (Å²) < 4.78 is 0. The molecular weight excluding hydrogens is 122 g/mol. The van der Waals surface area contributed by atoms with Crippen LogP contribution < -0.4 is 5.32 Å². The second-order valence-corrected chi connectivity index (χ2v) is 2.74. The van der Waals surface area contributed by atoms with Gasteiger partial charge in [0.15, 0.2) is 0 Å². The van der Waals surface area contributed by atoms with Crippen molar-refractivity contribution in [2.75, 3.05) is 13.1 Å². The van der Waals surface area contributed by atoms with Crippen molar-refractivity contribution in [1.82, 2.24) is 5.32 Å². The Morgan fingerprint density at radius 1 is 1.80 bits per heavy atom. The Kier molecular flexibility index (Phi) is 2.69. The molecule has 1 heterocycles. The lowest BCUT2D eigenvalue weighted by atomic mass is 10.1. The van der Waals surface area contributed by atoms with E-state index in [1.54, 1.807) is 0 Å². The molecule has 0 aromatic carbocycles. The fraction of sp³-hybridized carbons (Fsp3) is 0.556. The van der Waals surface area contributed by atoms with Gasteiger partial charge in [-0.3, -0.25) is 0 Å². The summed E-state index contributed by atoms with van der Waals surface area (Å²) in [5.41, 5.74) is 2.76. The predicted molar refractivity (Wildman–Crippen MR) is 45.0 cm³/mol. The summed E-state index contributed by atoms with van der Waals surface area (Å²) >= 11 is 0. The molecule has 0 aromatic heterocycles. The quantitative estimate of drug-likeness (QED) is 0.612. The van der Waals surface area contributed by atoms with Crippen LogP contribution in [0.5, 0.6) is 0 Å². The molecule has 1 nitrogen and oxygen atoms in total. The first-order valence-electron chi connectivity index (χ1n) is 3.91. The van der Waals surface area contributed by atoms with Gasteiger partial charge >= 0.3 is 0 Å². The third-order valence-corrected chi connectivity index (χ3v) is 1.84. The van der Waals surface area contributed by atoms with E-state index < -0.39 is 0 Å². The molecule has 0 amide bonds. The Morgan fingerprint density at radius 2 is 2.60 bits per heavy atom. The molecule has 1 fully saturated rings. The average molecular weight is 137 g/mol. The Hall–Kier alpha value is -0.560. The number of hydrogen-bond acceptors (Lipinski definition) is 1. The summed E-state index contributed by atoms with van der Waals surface area (Å²) in [5.74, 6) is 0. The summed E-state index contributed by atoms with van der Waals surface area (Å²) in [7, 11) is 0. The molecular formula is C9H15N. The summed E-state index contributed by atoms with van der Waals surface area (Å²) in [6.07, 6.45) is 4.50. The van der Waals surface area contributed by atoms with Gasteiger partial charge in [0.2, 0.25) is 0 Å². The molecule has 1 heteroatoms. The topological polar surface area (TPSA) is 12.0 Å². The standard InChI is InChI=1S/C9H15N/c1-3-8(2)6-9-4-5-10-7-9/h6,10H,2-5,7H2,1H3. The SMILES string of the molecule is C=C(C=C1CCNC1)CC. The maximum absolute atomic E-state index is 3.93. The van der Waals surface area contributed by atoms with Crippen molar-refractivity contribution in [3.63, 3.8) is 0 Å². The zero-order valence-corrected chi connectivity index (χ0v) is 6.61. The molecule has 0 radical (unpaired) electrons. The summed E-state index contributed by atoms with van der Waals surface area (Å²) in [6.45, 7) is 8.28. The highest BCUT2D eigenvalue weighted by Gasteiger charge is 2.04. The van der Waals surface area contributed by atoms with Gasteiger partial charge in [0.1, 0.15) is 0 Å². The van der Waals surface area contributed by atoms with Gasteiger partial charge in [0.05, 0.1) is 0 Å². The lowest BCUT2D eigenvalue weighted by Crippen LogP contribution is -2.04. The first kappa shape index (κ1) is 7.55. The minimum atomic E-state index is 1.07. The van der Waals surface area contributed by atoms with Crippen LogP contribution in [0.1, 0.15) is 19.8 Å². The maximum atomic E-state index is 3.93. The third-order valence-electron chi connectivity index (χ3n) is 1.84. The van der Waals surface area contributed by atoms with Gasteiger partial charge in [-0.2, -0.15) is 0 Å². The van der Waals surface area contributed by atoms with E-state index in [-0.39, 0.29) is 0 Å². The van der Waals surface area contributed by atoms with E-state index in [4.69, 9.17) is 0 Å². The fourth-order valence-electron chi connectivity index (χ4n) is 1.10. The molecule has 1 saturated heterocycles. The number of allylic oxidation sites excluding steroid dienone is 2. The van der Waals surface area contributed by atoms with Crippen LogP contribution in [0.4, 0.5) is 0 Å². The van der Waals surface area contributed by atoms with Crippen LogP contribution in [0.2, 0.25) is 0 Å². The smallest absolute Gasteiger partial charge is 0.0168 e. The van der Waals surface area contributed by atoms with Crippen molar-refractivity contribution in [2.24, 2.45) is 0 Å². The van der Waals surface area contributed by atoms with Gasteiger partial charge in [-0.1, -0.05) is 30.7 Å². The van der Waals surface area contributed by atoms with Crippen molar-refractivity contribution >= 4 is 0 Å². The first-order chi connectivity index (χ1) is 4.83. The first-order valence-corrected chi connectivity index (χ1v) is 3.91. The van der Waals surface area contributed by atoms with Crippen molar-refractivity contribution in [2.45, 2.75) is 19.8 Å². The van der Waals surface area contributed by atoms with E-state index in [9.17, 15) is 0 Å². The number of rotatable bonds is 2. The third kappa shape index (κ3) is 1.99. The van der Waals surface area contributed by atoms with E-state index in [0.717, 1.165) is 19.5 Å². The molecule has 10 heavy (non-hydrogen) atoms. The van der Waals surface area contributed by atoms with Gasteiger partial charge < -0.3 is 5.32 Å². The highest BCUT2D eigenvalue weighted by Crippen LogP contribution is 2.10. The van der Waals surface area contributed by atoms with Gasteiger partial charge in [0.25, 0.3) is 0 Å². The number of nitrogens with one attached hydrogen (secondary N) is 1. The second-order valence-electron chi connectivity index (χ2n) is 2.74. The summed E-state index contributed by atoms with van der Waals surface area (Å²) in [6, 6.07) is 0. The van der Waals surface area contributed by atoms with E-state index in [0.29, 0.717) is 0 Å². The maximum Gasteiger partial charge on any atom is 0.0168 e. The zero-order valence-electron chi connectivity index (χ0n) is 6.61. The molecule has 0 spiro atoms. The van der Waals surface area contributed by atoms with Gasteiger partial charge in [-0.25, -0.2) is 0 Å². The monoisotopic (exact) mass is 137 g/mol. The molecule has 0 atom stereocenters. The highest BCUT2D eigenvalue weighted by molar-refractivity contribution is 5.23. The Balaban J connectivity index is 2.45. The van der Waals surface area contributed by atoms with Crippen molar-refractivity contribution < 1.29 is 0 Å². The van der Waals surface area contributed by atoms with Crippen molar-refractivity contribution in [3.8, 4) is 0 Å². The van der Waals surface area contributed by atoms with Gasteiger partial charge in [-0.05, 0) is 19.4 Å². The van der Waals surface area contributed by atoms with Gasteiger partial charge in [0, 0.05) is 6.54 Å². The lowest BCUT2D eigenvalue weighted by Gasteiger charge is -1.95. The zero-order chi connectivity index (χ0) is 7.40. The van der Waals surface area contributed by atoms with Gasteiger partial charge in [-0.15, -0.1) is 0 Å². The van der Waals surface area contributed by atoms with Crippen LogP contribution >= 0.6 is 0 Å². The molecule has 1 aliphatic rings. The average Bonchev–Trinajstić information content (AvgIpc) is 2.40. The van der Waals surface area contributed by atoms with Crippen molar-refractivity contribution in [3.05, 3.63) is 23.8 Å². The largest absolute Gasteiger partial charge is 0.313 e. The normalized spacial score (nSPS) is 21.9. The van der Waals surface area contributed by atoms with Crippen LogP contribution in [0.25, 0.3) is 0 Å². The van der Waals surface area contributed by atoms with Crippen LogP contribution in [0, 0.1) is 0 Å². The van der Waals surface area contributed by atoms with E-state index >= 15 is 0 Å². The molecule has 56 valence electrons. The van der Waals surface area contributed by atoms with Crippen LogP contribution in [0.3, 0.4) is 0 Å². The Morgan fingerprint density at radius 3 is 3.10 bits per heavy atom. The molecule has 1 aliphatic heterocycles. The van der Waals surface area contributed by atoms with Crippen LogP contribution in [-0.2, 0) is 0 Å². The predicted octanol–water partition coefficient (Wildman–Crippen LogP) is 1.87. The molecule has 1 N–H and O–H groups in total. The van der Waals surface area contributed by atoms with Crippen molar-refractivity contribution in [1.29, 1.82) is 0 Å². The van der Waals surface area contributed by atoms with Crippen LogP contribution in [0.15, 0.2) is 23.8 Å². The minimum absolute atomic E-state index is 1.07. The molecule has 0 saturated carbocycles. The number of hydrogen-bond donors (Lipinski definition) is 1. The fourth-order valence-corrected chi connectivity index (χ4v) is 1.10. The summed E-state index contributed by atoms with van der Waals surface area (Å²) in [5, 5.41) is 3.29. The minimum Gasteiger partial charge on any atom is -0.313 e.